The molecule has 0 aliphatic heterocycles. The van der Waals surface area contributed by atoms with E-state index in [1.807, 2.05) is 26.2 Å². The van der Waals surface area contributed by atoms with E-state index in [9.17, 15) is 4.79 Å². The molecule has 0 saturated heterocycles. The molecule has 1 aliphatic carbocycles. The summed E-state index contributed by atoms with van der Waals surface area (Å²) in [5.41, 5.74) is 0.213. The zero-order chi connectivity index (χ0) is 12.5. The number of carbonyl (C=O) groups is 1. The molecule has 0 atom stereocenters. The van der Waals surface area contributed by atoms with E-state index in [4.69, 9.17) is 4.74 Å². The highest BCUT2D eigenvalue weighted by molar-refractivity contribution is 7.09. The molecule has 0 bridgehead atoms. The zero-order valence-corrected chi connectivity index (χ0v) is 11.5. The second kappa shape index (κ2) is 4.77. The molecule has 17 heavy (non-hydrogen) atoms. The van der Waals surface area contributed by atoms with Crippen LogP contribution in [0.2, 0.25) is 0 Å². The number of rotatable bonds is 5. The fourth-order valence-corrected chi connectivity index (χ4v) is 2.75. The van der Waals surface area contributed by atoms with Crippen LogP contribution in [0.5, 0.6) is 0 Å². The van der Waals surface area contributed by atoms with Crippen LogP contribution in [-0.2, 0) is 21.4 Å². The Morgan fingerprint density at radius 1 is 1.59 bits per heavy atom. The largest absolute Gasteiger partial charge is 0.465 e. The maximum absolute atomic E-state index is 11.9. The van der Waals surface area contributed by atoms with Gasteiger partial charge in [0, 0.05) is 11.8 Å². The van der Waals surface area contributed by atoms with E-state index in [2.05, 4.69) is 4.98 Å². The summed E-state index contributed by atoms with van der Waals surface area (Å²) in [6, 6.07) is 0. The van der Waals surface area contributed by atoms with E-state index < -0.39 is 5.41 Å². The molecule has 0 aromatic carbocycles. The molecule has 3 nitrogen and oxygen atoms in total. The average Bonchev–Trinajstić information content (AvgIpc) is 2.94. The van der Waals surface area contributed by atoms with Gasteiger partial charge in [-0.25, -0.2) is 4.98 Å². The molecular formula is C13H19NO2S. The summed E-state index contributed by atoms with van der Waals surface area (Å²) in [5, 5.41) is 3.15. The van der Waals surface area contributed by atoms with Gasteiger partial charge in [0.1, 0.15) is 5.41 Å². The van der Waals surface area contributed by atoms with Crippen molar-refractivity contribution in [3.63, 3.8) is 0 Å². The predicted molar refractivity (Wildman–Crippen MR) is 68.2 cm³/mol. The minimum Gasteiger partial charge on any atom is -0.465 e. The number of nitrogens with zero attached hydrogens (tertiary/aromatic N) is 1. The number of hydrogen-bond donors (Lipinski definition) is 0. The van der Waals surface area contributed by atoms with Gasteiger partial charge < -0.3 is 4.74 Å². The molecule has 4 heteroatoms. The standard InChI is InChI=1S/C13H19NO2S/c1-4-16-12(15)13(2,3)10-8-17-11(14-10)7-9-5-6-9/h8-9H,4-7H2,1-3H3. The number of carbonyl (C=O) groups excluding carboxylic acids is 1. The Balaban J connectivity index is 2.08. The van der Waals surface area contributed by atoms with Crippen LogP contribution in [0, 0.1) is 5.92 Å². The van der Waals surface area contributed by atoms with Crippen LogP contribution in [0.15, 0.2) is 5.38 Å². The minimum absolute atomic E-state index is 0.191. The summed E-state index contributed by atoms with van der Waals surface area (Å²) in [4.78, 5) is 16.4. The fourth-order valence-electron chi connectivity index (χ4n) is 1.68. The molecule has 2 rings (SSSR count). The first-order valence-electron chi connectivity index (χ1n) is 6.16. The minimum atomic E-state index is -0.631. The summed E-state index contributed by atoms with van der Waals surface area (Å²) in [7, 11) is 0. The van der Waals surface area contributed by atoms with Crippen LogP contribution < -0.4 is 0 Å². The van der Waals surface area contributed by atoms with E-state index in [0.717, 1.165) is 23.0 Å². The van der Waals surface area contributed by atoms with Crippen molar-refractivity contribution in [2.75, 3.05) is 6.61 Å². The lowest BCUT2D eigenvalue weighted by Gasteiger charge is -2.19. The van der Waals surface area contributed by atoms with E-state index >= 15 is 0 Å². The van der Waals surface area contributed by atoms with Crippen molar-refractivity contribution in [2.24, 2.45) is 5.92 Å². The van der Waals surface area contributed by atoms with Gasteiger partial charge in [0.05, 0.1) is 17.3 Å². The topological polar surface area (TPSA) is 39.2 Å². The second-order valence-electron chi connectivity index (χ2n) is 5.12. The van der Waals surface area contributed by atoms with Crippen molar-refractivity contribution in [1.82, 2.24) is 4.98 Å². The third-order valence-electron chi connectivity index (χ3n) is 3.14. The summed E-state index contributed by atoms with van der Waals surface area (Å²) in [5.74, 6) is 0.642. The maximum Gasteiger partial charge on any atom is 0.317 e. The van der Waals surface area contributed by atoms with E-state index in [1.165, 1.54) is 12.8 Å². The first-order chi connectivity index (χ1) is 8.04. The van der Waals surface area contributed by atoms with Gasteiger partial charge in [-0.2, -0.15) is 0 Å². The summed E-state index contributed by atoms with van der Waals surface area (Å²) in [6.45, 7) is 6.00. The molecule has 1 aliphatic rings. The normalized spacial score (nSPS) is 15.9. The molecule has 1 aromatic heterocycles. The molecule has 94 valence electrons. The molecular weight excluding hydrogens is 234 g/mol. The smallest absolute Gasteiger partial charge is 0.317 e. The number of ether oxygens (including phenoxy) is 1. The number of thiazole rings is 1. The Morgan fingerprint density at radius 3 is 2.88 bits per heavy atom. The van der Waals surface area contributed by atoms with Gasteiger partial charge in [-0.05, 0) is 39.5 Å². The quantitative estimate of drug-likeness (QED) is 0.757. The first-order valence-corrected chi connectivity index (χ1v) is 7.04. The van der Waals surface area contributed by atoms with E-state index in [1.54, 1.807) is 11.3 Å². The van der Waals surface area contributed by atoms with Crippen molar-refractivity contribution in [1.29, 1.82) is 0 Å². The Morgan fingerprint density at radius 2 is 2.29 bits per heavy atom. The first kappa shape index (κ1) is 12.6. The van der Waals surface area contributed by atoms with Gasteiger partial charge in [0.15, 0.2) is 0 Å². The van der Waals surface area contributed by atoms with Crippen LogP contribution in [-0.4, -0.2) is 17.6 Å². The van der Waals surface area contributed by atoms with Gasteiger partial charge in [-0.15, -0.1) is 11.3 Å². The van der Waals surface area contributed by atoms with Crippen molar-refractivity contribution in [2.45, 2.75) is 45.4 Å². The molecule has 0 unspecified atom stereocenters. The Hall–Kier alpha value is -0.900. The highest BCUT2D eigenvalue weighted by Crippen LogP contribution is 2.34. The van der Waals surface area contributed by atoms with Crippen LogP contribution in [0.1, 0.15) is 44.3 Å². The van der Waals surface area contributed by atoms with Crippen molar-refractivity contribution in [3.8, 4) is 0 Å². The predicted octanol–water partition coefficient (Wildman–Crippen LogP) is 2.94. The lowest BCUT2D eigenvalue weighted by atomic mass is 9.90. The van der Waals surface area contributed by atoms with Gasteiger partial charge in [0.25, 0.3) is 0 Å². The summed E-state index contributed by atoms with van der Waals surface area (Å²) >= 11 is 1.66. The number of aromatic nitrogens is 1. The van der Waals surface area contributed by atoms with Gasteiger partial charge in [-0.1, -0.05) is 0 Å². The van der Waals surface area contributed by atoms with Crippen LogP contribution in [0.25, 0.3) is 0 Å². The third-order valence-corrected chi connectivity index (χ3v) is 4.01. The Kier molecular flexibility index (Phi) is 3.52. The van der Waals surface area contributed by atoms with Crippen LogP contribution in [0.4, 0.5) is 0 Å². The molecule has 0 radical (unpaired) electrons. The molecule has 0 spiro atoms. The van der Waals surface area contributed by atoms with Crippen LogP contribution in [0.3, 0.4) is 0 Å². The molecule has 0 amide bonds. The van der Waals surface area contributed by atoms with Gasteiger partial charge in [-0.3, -0.25) is 4.79 Å². The second-order valence-corrected chi connectivity index (χ2v) is 6.06. The SMILES string of the molecule is CCOC(=O)C(C)(C)c1csc(CC2CC2)n1. The van der Waals surface area contributed by atoms with E-state index in [-0.39, 0.29) is 5.97 Å². The molecule has 0 N–H and O–H groups in total. The molecule has 1 saturated carbocycles. The zero-order valence-electron chi connectivity index (χ0n) is 10.7. The number of esters is 1. The molecule has 1 aromatic rings. The summed E-state index contributed by atoms with van der Waals surface area (Å²) < 4.78 is 5.09. The van der Waals surface area contributed by atoms with Crippen molar-refractivity contribution >= 4 is 17.3 Å². The highest BCUT2D eigenvalue weighted by Gasteiger charge is 2.34. The van der Waals surface area contributed by atoms with Gasteiger partial charge >= 0.3 is 5.97 Å². The Labute approximate surface area is 106 Å². The van der Waals surface area contributed by atoms with Gasteiger partial charge in [0.2, 0.25) is 0 Å². The van der Waals surface area contributed by atoms with Crippen molar-refractivity contribution in [3.05, 3.63) is 16.1 Å². The van der Waals surface area contributed by atoms with Crippen molar-refractivity contribution < 1.29 is 9.53 Å². The molecule has 1 fully saturated rings. The summed E-state index contributed by atoms with van der Waals surface area (Å²) in [6.07, 6.45) is 3.73. The maximum atomic E-state index is 11.9. The molecule has 1 heterocycles. The Bertz CT molecular complexity index is 407. The van der Waals surface area contributed by atoms with E-state index in [0.29, 0.717) is 6.61 Å². The fraction of sp³-hybridized carbons (Fsp3) is 0.692. The third kappa shape index (κ3) is 2.86. The monoisotopic (exact) mass is 253 g/mol. The lowest BCUT2D eigenvalue weighted by Crippen LogP contribution is -2.31. The number of hydrogen-bond acceptors (Lipinski definition) is 4. The lowest BCUT2D eigenvalue weighted by molar-refractivity contribution is -0.148. The van der Waals surface area contributed by atoms with Crippen LogP contribution >= 0.6 is 11.3 Å². The average molecular weight is 253 g/mol. The highest BCUT2D eigenvalue weighted by atomic mass is 32.1.